The molecule has 2 aliphatic heterocycles. The van der Waals surface area contributed by atoms with Gasteiger partial charge in [0.25, 0.3) is 0 Å². The third kappa shape index (κ3) is 3.81. The maximum Gasteiger partial charge on any atom is 0.224 e. The number of hydrogen-bond donors (Lipinski definition) is 1. The van der Waals surface area contributed by atoms with Crippen molar-refractivity contribution < 1.29 is 9.53 Å². The summed E-state index contributed by atoms with van der Waals surface area (Å²) in [6.45, 7) is 6.86. The minimum absolute atomic E-state index is 0.103. The van der Waals surface area contributed by atoms with Crippen LogP contribution in [-0.2, 0) is 28.4 Å². The largest absolute Gasteiger partial charge is 0.356 e. The van der Waals surface area contributed by atoms with E-state index in [2.05, 4.69) is 108 Å². The second kappa shape index (κ2) is 9.44. The number of rotatable bonds is 7. The van der Waals surface area contributed by atoms with Crippen molar-refractivity contribution in [1.29, 1.82) is 0 Å². The number of nitrogens with one attached hydrogen (secondary N) is 1. The lowest BCUT2D eigenvalue weighted by Crippen LogP contribution is -2.51. The van der Waals surface area contributed by atoms with Gasteiger partial charge in [0.1, 0.15) is 0 Å². The molecule has 1 amide bonds. The summed E-state index contributed by atoms with van der Waals surface area (Å²) in [6.07, 6.45) is 5.96. The molecule has 1 atom stereocenters. The highest BCUT2D eigenvalue weighted by atomic mass is 28.1. The molecule has 4 aromatic rings. The van der Waals surface area contributed by atoms with E-state index < -0.39 is 5.72 Å². The van der Waals surface area contributed by atoms with Crippen LogP contribution in [0.3, 0.4) is 0 Å². The first-order chi connectivity index (χ1) is 18.4. The Hall–Kier alpha value is -3.35. The van der Waals surface area contributed by atoms with E-state index in [0.29, 0.717) is 13.0 Å². The first-order valence-corrected chi connectivity index (χ1v) is 15.3. The topological polar surface area (TPSA) is 46.5 Å². The molecule has 5 nitrogen and oxygen atoms in total. The van der Waals surface area contributed by atoms with E-state index in [0.717, 1.165) is 30.6 Å². The highest BCUT2D eigenvalue weighted by molar-refractivity contribution is 6.08. The van der Waals surface area contributed by atoms with Gasteiger partial charge in [0.15, 0.2) is 5.72 Å². The number of para-hydroxylation sites is 1. The molecule has 0 spiro atoms. The normalized spacial score (nSPS) is 20.0. The number of carbonyl (C=O) groups excluding carboxylic acids is 1. The number of aryl methyl sites for hydroxylation is 1. The minimum Gasteiger partial charge on any atom is -0.356 e. The molecule has 3 aromatic carbocycles. The molecule has 38 heavy (non-hydrogen) atoms. The molecule has 1 saturated heterocycles. The summed E-state index contributed by atoms with van der Waals surface area (Å²) in [5, 5.41) is 5.63. The van der Waals surface area contributed by atoms with Crippen molar-refractivity contribution in [3.63, 3.8) is 0 Å². The molecule has 2 aliphatic rings. The van der Waals surface area contributed by atoms with Gasteiger partial charge in [-0.05, 0) is 47.4 Å². The monoisotopic (exact) mass is 523 g/mol. The van der Waals surface area contributed by atoms with Crippen LogP contribution in [-0.4, -0.2) is 46.1 Å². The van der Waals surface area contributed by atoms with Gasteiger partial charge in [-0.3, -0.25) is 4.79 Å². The molecular formula is C32H37N3O2Si. The summed E-state index contributed by atoms with van der Waals surface area (Å²) in [4.78, 5) is 14.9. The van der Waals surface area contributed by atoms with Crippen molar-refractivity contribution in [3.8, 4) is 0 Å². The van der Waals surface area contributed by atoms with Gasteiger partial charge in [0.2, 0.25) is 5.91 Å². The molecule has 1 fully saturated rings. The molecule has 1 unspecified atom stereocenters. The number of fused-ring (bicyclic) bond motifs is 6. The lowest BCUT2D eigenvalue weighted by Gasteiger charge is -2.39. The Morgan fingerprint density at radius 1 is 1.08 bits per heavy atom. The summed E-state index contributed by atoms with van der Waals surface area (Å²) < 4.78 is 8.86. The number of carbonyl (C=O) groups is 1. The average Bonchev–Trinajstić information content (AvgIpc) is 3.53. The van der Waals surface area contributed by atoms with Gasteiger partial charge in [0, 0.05) is 63.3 Å². The minimum atomic E-state index is -0.560. The third-order valence-corrected chi connectivity index (χ3v) is 9.32. The van der Waals surface area contributed by atoms with Gasteiger partial charge >= 0.3 is 0 Å². The third-order valence-electron chi connectivity index (χ3n) is 8.62. The maximum atomic E-state index is 12.5. The highest BCUT2D eigenvalue weighted by Crippen LogP contribution is 2.55. The molecule has 0 radical (unpaired) electrons. The highest BCUT2D eigenvalue weighted by Gasteiger charge is 2.59. The zero-order valence-corrected chi connectivity index (χ0v) is 24.9. The molecule has 0 saturated carbocycles. The molecule has 1 N–H and O–H groups in total. The number of ether oxygens (including phenoxy) is 1. The van der Waals surface area contributed by atoms with E-state index in [4.69, 9.17) is 4.74 Å². The second-order valence-electron chi connectivity index (χ2n) is 11.2. The lowest BCUT2D eigenvalue weighted by atomic mass is 9.76. The van der Waals surface area contributed by atoms with Crippen LogP contribution in [0.15, 0.2) is 66.7 Å². The Balaban J connectivity index is 1.32. The van der Waals surface area contributed by atoms with Gasteiger partial charge in [-0.15, -0.1) is 0 Å². The van der Waals surface area contributed by atoms with Crippen molar-refractivity contribution in [2.75, 3.05) is 24.6 Å². The summed E-state index contributed by atoms with van der Waals surface area (Å²) >= 11 is 0. The Morgan fingerprint density at radius 3 is 2.74 bits per heavy atom. The Kier molecular flexibility index (Phi) is 6.20. The standard InChI is InChI=1S/C32H37N3O2Si/c1-31(2)26-19-23(21-30(36)33-15-6-18-38)10-12-28(26)35-16-17-37-32(31,35)14-13-22-9-11-25-24-7-4-5-8-27(24)34(3)29(25)20-22/h4-5,7-14,19-20H,6,15-18,21H2,1-3,38H3,(H,33,36)/b14-13+. The number of hydrogen-bond acceptors (Lipinski definition) is 3. The fourth-order valence-electron chi connectivity index (χ4n) is 6.47. The number of amides is 1. The summed E-state index contributed by atoms with van der Waals surface area (Å²) in [5.74, 6) is 0.103. The Labute approximate surface area is 227 Å². The molecular weight excluding hydrogens is 486 g/mol. The zero-order valence-electron chi connectivity index (χ0n) is 22.9. The SMILES string of the molecule is Cn1c2ccccc2c2ccc(/C=C/C34OCCN3c3ccc(CC(=O)NCCC[SiH3])cc3C4(C)C)cc21. The number of nitrogens with zero attached hydrogens (tertiary/aromatic N) is 2. The summed E-state index contributed by atoms with van der Waals surface area (Å²) in [7, 11) is 3.32. The fourth-order valence-corrected chi connectivity index (χ4v) is 6.82. The smallest absolute Gasteiger partial charge is 0.224 e. The van der Waals surface area contributed by atoms with Crippen molar-refractivity contribution in [1.82, 2.24) is 9.88 Å². The van der Waals surface area contributed by atoms with E-state index in [9.17, 15) is 4.79 Å². The van der Waals surface area contributed by atoms with E-state index in [1.807, 2.05) is 0 Å². The van der Waals surface area contributed by atoms with Crippen LogP contribution in [0.4, 0.5) is 5.69 Å². The van der Waals surface area contributed by atoms with Gasteiger partial charge in [-0.25, -0.2) is 0 Å². The summed E-state index contributed by atoms with van der Waals surface area (Å²) in [6, 6.07) is 23.0. The summed E-state index contributed by atoms with van der Waals surface area (Å²) in [5.41, 5.74) is 6.31. The Morgan fingerprint density at radius 2 is 1.89 bits per heavy atom. The van der Waals surface area contributed by atoms with Gasteiger partial charge in [-0.2, -0.15) is 0 Å². The van der Waals surface area contributed by atoms with Crippen LogP contribution >= 0.6 is 0 Å². The zero-order chi connectivity index (χ0) is 26.5. The number of aromatic nitrogens is 1. The van der Waals surface area contributed by atoms with Crippen molar-refractivity contribution in [3.05, 3.63) is 83.4 Å². The van der Waals surface area contributed by atoms with Crippen LogP contribution in [0.1, 0.15) is 37.0 Å². The molecule has 6 heteroatoms. The average molecular weight is 524 g/mol. The molecule has 1 aromatic heterocycles. The fraction of sp³-hybridized carbons (Fsp3) is 0.344. The first-order valence-electron chi connectivity index (χ1n) is 13.8. The van der Waals surface area contributed by atoms with Crippen LogP contribution in [0, 0.1) is 0 Å². The lowest BCUT2D eigenvalue weighted by molar-refractivity contribution is -0.120. The Bertz CT molecular complexity index is 1570. The predicted molar refractivity (Wildman–Crippen MR) is 161 cm³/mol. The van der Waals surface area contributed by atoms with Crippen molar-refractivity contribution in [2.24, 2.45) is 7.05 Å². The van der Waals surface area contributed by atoms with E-state index in [1.165, 1.54) is 49.3 Å². The predicted octanol–water partition coefficient (Wildman–Crippen LogP) is 4.70. The van der Waals surface area contributed by atoms with Crippen molar-refractivity contribution in [2.45, 2.75) is 43.9 Å². The number of anilines is 1. The van der Waals surface area contributed by atoms with E-state index in [1.54, 1.807) is 0 Å². The molecule has 0 aliphatic carbocycles. The molecule has 3 heterocycles. The molecule has 6 rings (SSSR count). The molecule has 196 valence electrons. The van der Waals surface area contributed by atoms with Crippen LogP contribution in [0.2, 0.25) is 6.04 Å². The molecule has 0 bridgehead atoms. The van der Waals surface area contributed by atoms with E-state index in [-0.39, 0.29) is 11.3 Å². The van der Waals surface area contributed by atoms with E-state index >= 15 is 0 Å². The van der Waals surface area contributed by atoms with Crippen LogP contribution in [0.5, 0.6) is 0 Å². The maximum absolute atomic E-state index is 12.5. The second-order valence-corrected chi connectivity index (χ2v) is 12.2. The number of benzene rings is 3. The first kappa shape index (κ1) is 25.0. The van der Waals surface area contributed by atoms with Crippen molar-refractivity contribution >= 4 is 49.7 Å². The van der Waals surface area contributed by atoms with Gasteiger partial charge < -0.3 is 19.5 Å². The van der Waals surface area contributed by atoms with Gasteiger partial charge in [0.05, 0.1) is 13.0 Å². The quantitative estimate of drug-likeness (QED) is 0.282. The van der Waals surface area contributed by atoms with Crippen LogP contribution in [0.25, 0.3) is 27.9 Å². The van der Waals surface area contributed by atoms with Gasteiger partial charge in [-0.1, -0.05) is 68.4 Å². The van der Waals surface area contributed by atoms with Crippen LogP contribution < -0.4 is 10.2 Å².